The summed E-state index contributed by atoms with van der Waals surface area (Å²) in [5, 5.41) is 18.5. The van der Waals surface area contributed by atoms with Crippen LogP contribution >= 0.6 is 11.8 Å². The fourth-order valence-corrected chi connectivity index (χ4v) is 2.68. The molecule has 1 aromatic carbocycles. The third-order valence-electron chi connectivity index (χ3n) is 2.91. The fourth-order valence-electron chi connectivity index (χ4n) is 1.81. The van der Waals surface area contributed by atoms with Gasteiger partial charge in [-0.2, -0.15) is 5.10 Å². The molecule has 8 nitrogen and oxygen atoms in total. The van der Waals surface area contributed by atoms with Gasteiger partial charge in [0.05, 0.1) is 20.4 Å². The predicted molar refractivity (Wildman–Crippen MR) is 86.3 cm³/mol. The van der Waals surface area contributed by atoms with Gasteiger partial charge < -0.3 is 19.9 Å². The molecule has 0 aromatic heterocycles. The quantitative estimate of drug-likeness (QED) is 0.615. The summed E-state index contributed by atoms with van der Waals surface area (Å²) in [5.74, 6) is -0.302. The van der Waals surface area contributed by atoms with Gasteiger partial charge in [-0.25, -0.2) is 0 Å². The number of thioether (sulfide) groups is 1. The van der Waals surface area contributed by atoms with Gasteiger partial charge in [0.15, 0.2) is 16.7 Å². The molecule has 1 aromatic rings. The Kier molecular flexibility index (Phi) is 5.58. The number of benzene rings is 1. The average Bonchev–Trinajstić information content (AvgIpc) is 2.54. The molecule has 23 heavy (non-hydrogen) atoms. The van der Waals surface area contributed by atoms with Crippen LogP contribution in [0.5, 0.6) is 11.5 Å². The summed E-state index contributed by atoms with van der Waals surface area (Å²) in [6.45, 7) is 0. The van der Waals surface area contributed by atoms with Gasteiger partial charge in [-0.1, -0.05) is 11.8 Å². The number of nitrogens with one attached hydrogen (secondary N) is 1. The second kappa shape index (κ2) is 7.63. The molecule has 0 saturated carbocycles. The van der Waals surface area contributed by atoms with Gasteiger partial charge in [-0.15, -0.1) is 5.10 Å². The molecule has 2 N–H and O–H groups in total. The van der Waals surface area contributed by atoms with E-state index >= 15 is 0 Å². The molecule has 1 amide bonds. The Balaban J connectivity index is 2.10. The van der Waals surface area contributed by atoms with Crippen molar-refractivity contribution in [1.82, 2.24) is 5.32 Å². The number of carbonyl (C=O) groups is 2. The Morgan fingerprint density at radius 2 is 2.13 bits per heavy atom. The van der Waals surface area contributed by atoms with Gasteiger partial charge >= 0.3 is 5.97 Å². The molecular formula is C14H15N3O5S. The van der Waals surface area contributed by atoms with Crippen molar-refractivity contribution in [1.29, 1.82) is 0 Å². The van der Waals surface area contributed by atoms with Crippen molar-refractivity contribution in [2.45, 2.75) is 11.7 Å². The van der Waals surface area contributed by atoms with Crippen molar-refractivity contribution < 1.29 is 24.2 Å². The van der Waals surface area contributed by atoms with Crippen LogP contribution in [0.15, 0.2) is 28.4 Å². The van der Waals surface area contributed by atoms with Crippen molar-refractivity contribution in [2.24, 2.45) is 10.2 Å². The zero-order valence-corrected chi connectivity index (χ0v) is 13.3. The highest BCUT2D eigenvalue weighted by atomic mass is 32.2. The third-order valence-corrected chi connectivity index (χ3v) is 3.97. The van der Waals surface area contributed by atoms with Crippen LogP contribution in [0.2, 0.25) is 0 Å². The number of carboxylic acid groups (broad SMARTS) is 1. The van der Waals surface area contributed by atoms with Crippen LogP contribution in [0.3, 0.4) is 0 Å². The molecule has 1 heterocycles. The predicted octanol–water partition coefficient (Wildman–Crippen LogP) is 1.10. The summed E-state index contributed by atoms with van der Waals surface area (Å²) >= 11 is 0.952. The molecule has 9 heteroatoms. The molecular weight excluding hydrogens is 322 g/mol. The summed E-state index contributed by atoms with van der Waals surface area (Å²) in [7, 11) is 3.07. The maximum atomic E-state index is 11.4. The van der Waals surface area contributed by atoms with Crippen LogP contribution in [-0.2, 0) is 9.59 Å². The van der Waals surface area contributed by atoms with Gasteiger partial charge in [0.1, 0.15) is 5.25 Å². The minimum absolute atomic E-state index is 0.0849. The highest BCUT2D eigenvalue weighted by Gasteiger charge is 2.29. The molecule has 1 aliphatic rings. The number of carboxylic acids is 1. The van der Waals surface area contributed by atoms with Crippen LogP contribution in [-0.4, -0.2) is 47.8 Å². The number of hydrogen-bond acceptors (Lipinski definition) is 7. The van der Waals surface area contributed by atoms with E-state index in [4.69, 9.17) is 14.6 Å². The van der Waals surface area contributed by atoms with E-state index in [9.17, 15) is 9.59 Å². The summed E-state index contributed by atoms with van der Waals surface area (Å²) in [5.41, 5.74) is 0.717. The molecule has 0 spiro atoms. The van der Waals surface area contributed by atoms with Crippen molar-refractivity contribution in [3.63, 3.8) is 0 Å². The first-order valence-corrected chi connectivity index (χ1v) is 7.44. The summed E-state index contributed by atoms with van der Waals surface area (Å²) in [6, 6.07) is 5.21. The Morgan fingerprint density at radius 3 is 2.78 bits per heavy atom. The van der Waals surface area contributed by atoms with Crippen molar-refractivity contribution in [3.8, 4) is 11.5 Å². The van der Waals surface area contributed by atoms with Crippen LogP contribution in [0.4, 0.5) is 0 Å². The molecule has 2 rings (SSSR count). The number of nitrogens with zero attached hydrogens (tertiary/aromatic N) is 2. The van der Waals surface area contributed by atoms with Gasteiger partial charge in [0.25, 0.3) is 0 Å². The third kappa shape index (κ3) is 4.46. The maximum Gasteiger partial charge on any atom is 0.317 e. The second-order valence-electron chi connectivity index (χ2n) is 4.46. The number of ether oxygens (including phenoxy) is 2. The number of carbonyl (C=O) groups excluding carboxylic acids is 1. The molecule has 0 aliphatic carbocycles. The molecule has 1 aliphatic heterocycles. The minimum Gasteiger partial charge on any atom is -0.493 e. The Hall–Kier alpha value is -2.55. The molecule has 1 saturated heterocycles. The summed E-state index contributed by atoms with van der Waals surface area (Å²) in [6.07, 6.45) is 1.38. The Morgan fingerprint density at radius 1 is 1.39 bits per heavy atom. The molecule has 0 bridgehead atoms. The number of aliphatic carboxylic acids is 1. The van der Waals surface area contributed by atoms with E-state index in [0.717, 1.165) is 11.8 Å². The maximum absolute atomic E-state index is 11.4. The molecule has 1 atom stereocenters. The highest BCUT2D eigenvalue weighted by Crippen LogP contribution is 2.27. The number of amidine groups is 1. The first-order valence-electron chi connectivity index (χ1n) is 6.56. The lowest BCUT2D eigenvalue weighted by Crippen LogP contribution is -2.40. The SMILES string of the molecule is COc1ccc(/C=N\N=C2/NC(=O)C[C@H](C(=O)O)S2)cc1OC. The standard InChI is InChI=1S/C14H15N3O5S/c1-21-9-4-3-8(5-10(9)22-2)7-15-17-14-16-12(18)6-11(23-14)13(19)20/h3-5,7,11H,6H2,1-2H3,(H,19,20)(H,16,17,18)/b15-7-/t11-/m1/s1. The van der Waals surface area contributed by atoms with E-state index < -0.39 is 17.1 Å². The fraction of sp³-hybridized carbons (Fsp3) is 0.286. The van der Waals surface area contributed by atoms with E-state index in [2.05, 4.69) is 15.5 Å². The Bertz CT molecular complexity index is 674. The van der Waals surface area contributed by atoms with Crippen molar-refractivity contribution in [3.05, 3.63) is 23.8 Å². The molecule has 0 radical (unpaired) electrons. The summed E-state index contributed by atoms with van der Waals surface area (Å²) < 4.78 is 10.3. The first kappa shape index (κ1) is 16.8. The largest absolute Gasteiger partial charge is 0.493 e. The van der Waals surface area contributed by atoms with Gasteiger partial charge in [0, 0.05) is 6.42 Å². The van der Waals surface area contributed by atoms with Gasteiger partial charge in [-0.3, -0.25) is 9.59 Å². The average molecular weight is 337 g/mol. The van der Waals surface area contributed by atoms with Crippen LogP contribution < -0.4 is 14.8 Å². The lowest BCUT2D eigenvalue weighted by atomic mass is 10.2. The smallest absolute Gasteiger partial charge is 0.317 e. The Labute approximate surface area is 136 Å². The first-order chi connectivity index (χ1) is 11.0. The monoisotopic (exact) mass is 337 g/mol. The summed E-state index contributed by atoms with van der Waals surface area (Å²) in [4.78, 5) is 22.4. The van der Waals surface area contributed by atoms with E-state index in [1.165, 1.54) is 13.3 Å². The lowest BCUT2D eigenvalue weighted by molar-refractivity contribution is -0.138. The normalized spacial score (nSPS) is 19.7. The minimum atomic E-state index is -1.05. The number of rotatable bonds is 5. The van der Waals surface area contributed by atoms with E-state index in [1.807, 2.05) is 0 Å². The zero-order chi connectivity index (χ0) is 16.8. The topological polar surface area (TPSA) is 110 Å². The zero-order valence-electron chi connectivity index (χ0n) is 12.5. The van der Waals surface area contributed by atoms with Crippen LogP contribution in [0.25, 0.3) is 0 Å². The molecule has 122 valence electrons. The van der Waals surface area contributed by atoms with Crippen molar-refractivity contribution in [2.75, 3.05) is 14.2 Å². The van der Waals surface area contributed by atoms with Crippen LogP contribution in [0.1, 0.15) is 12.0 Å². The number of amides is 1. The lowest BCUT2D eigenvalue weighted by Gasteiger charge is -2.18. The second-order valence-corrected chi connectivity index (χ2v) is 5.65. The molecule has 0 unspecified atom stereocenters. The van der Waals surface area contributed by atoms with Gasteiger partial charge in [-0.05, 0) is 23.8 Å². The van der Waals surface area contributed by atoms with Crippen molar-refractivity contribution >= 4 is 35.0 Å². The van der Waals surface area contributed by atoms with E-state index in [1.54, 1.807) is 25.3 Å². The molecule has 1 fully saturated rings. The number of hydrogen-bond donors (Lipinski definition) is 2. The van der Waals surface area contributed by atoms with E-state index in [0.29, 0.717) is 17.1 Å². The number of methoxy groups -OCH3 is 2. The van der Waals surface area contributed by atoms with Gasteiger partial charge in [0.2, 0.25) is 5.91 Å². The highest BCUT2D eigenvalue weighted by molar-refractivity contribution is 8.15. The van der Waals surface area contributed by atoms with Crippen LogP contribution in [0, 0.1) is 0 Å². The van der Waals surface area contributed by atoms with E-state index in [-0.39, 0.29) is 11.6 Å².